The van der Waals surface area contributed by atoms with E-state index in [0.717, 1.165) is 33.8 Å². The predicted octanol–water partition coefficient (Wildman–Crippen LogP) is 5.20. The second kappa shape index (κ2) is 5.82. The molecule has 3 rings (SSSR count). The zero-order valence-electron chi connectivity index (χ0n) is 10.9. The molecule has 102 valence electrons. The van der Waals surface area contributed by atoms with Gasteiger partial charge in [-0.2, -0.15) is 0 Å². The van der Waals surface area contributed by atoms with Gasteiger partial charge in [0.2, 0.25) is 0 Å². The molecule has 1 aliphatic rings. The molecule has 0 bridgehead atoms. The maximum Gasteiger partial charge on any atom is 0.166 e. The minimum atomic E-state index is 0.103. The van der Waals surface area contributed by atoms with Crippen LogP contribution < -0.4 is 0 Å². The summed E-state index contributed by atoms with van der Waals surface area (Å²) >= 11 is 6.90. The molecular weight excluding hydrogens is 380 g/mol. The number of aryl methyl sites for hydroxylation is 1. The van der Waals surface area contributed by atoms with Crippen LogP contribution in [-0.2, 0) is 12.8 Å². The molecule has 0 aliphatic heterocycles. The van der Waals surface area contributed by atoms with E-state index in [1.165, 1.54) is 11.1 Å². The van der Waals surface area contributed by atoms with Crippen molar-refractivity contribution in [1.29, 1.82) is 0 Å². The lowest BCUT2D eigenvalue weighted by Crippen LogP contribution is -2.22. The molecule has 20 heavy (non-hydrogen) atoms. The molecule has 0 spiro atoms. The smallest absolute Gasteiger partial charge is 0.166 e. The number of hydrogen-bond donors (Lipinski definition) is 0. The Hall–Kier alpha value is -0.930. The number of carbonyl (C=O) groups is 1. The zero-order valence-corrected chi connectivity index (χ0v) is 14.1. The van der Waals surface area contributed by atoms with Crippen LogP contribution in [0.3, 0.4) is 0 Å². The van der Waals surface area contributed by atoms with Crippen molar-refractivity contribution in [3.05, 3.63) is 68.1 Å². The molecule has 2 aromatic rings. The van der Waals surface area contributed by atoms with Crippen LogP contribution in [0, 0.1) is 5.92 Å². The van der Waals surface area contributed by atoms with E-state index in [4.69, 9.17) is 0 Å². The Balaban J connectivity index is 1.86. The summed E-state index contributed by atoms with van der Waals surface area (Å²) in [5.41, 5.74) is 3.51. The highest BCUT2D eigenvalue weighted by atomic mass is 79.9. The molecule has 0 saturated carbocycles. The minimum absolute atomic E-state index is 0.103. The third-order valence-corrected chi connectivity index (χ3v) is 4.78. The quantitative estimate of drug-likeness (QED) is 0.641. The number of carbonyl (C=O) groups excluding carboxylic acids is 1. The molecule has 1 atom stereocenters. The summed E-state index contributed by atoms with van der Waals surface area (Å²) in [7, 11) is 0. The summed E-state index contributed by atoms with van der Waals surface area (Å²) in [6.45, 7) is 0. The highest BCUT2D eigenvalue weighted by Crippen LogP contribution is 2.29. The average molecular weight is 394 g/mol. The molecule has 0 heterocycles. The van der Waals surface area contributed by atoms with E-state index in [-0.39, 0.29) is 11.7 Å². The van der Waals surface area contributed by atoms with Crippen LogP contribution in [0.4, 0.5) is 0 Å². The van der Waals surface area contributed by atoms with Gasteiger partial charge in [-0.3, -0.25) is 4.79 Å². The normalized spacial score (nSPS) is 17.6. The first-order chi connectivity index (χ1) is 9.63. The fourth-order valence-electron chi connectivity index (χ4n) is 2.85. The molecule has 2 aromatic carbocycles. The molecule has 0 saturated heterocycles. The van der Waals surface area contributed by atoms with Gasteiger partial charge in [-0.1, -0.05) is 56.1 Å². The SMILES string of the molecule is O=C(c1cc(Br)cc(Br)c1)C1CCc2ccccc2C1. The summed E-state index contributed by atoms with van der Waals surface area (Å²) < 4.78 is 1.87. The van der Waals surface area contributed by atoms with Crippen LogP contribution in [0.5, 0.6) is 0 Å². The van der Waals surface area contributed by atoms with E-state index >= 15 is 0 Å². The van der Waals surface area contributed by atoms with Crippen LogP contribution in [0.25, 0.3) is 0 Å². The Labute approximate surface area is 135 Å². The van der Waals surface area contributed by atoms with Crippen LogP contribution >= 0.6 is 31.9 Å². The van der Waals surface area contributed by atoms with Gasteiger partial charge in [-0.05, 0) is 48.6 Å². The van der Waals surface area contributed by atoms with Crippen molar-refractivity contribution >= 4 is 37.6 Å². The minimum Gasteiger partial charge on any atom is -0.294 e. The summed E-state index contributed by atoms with van der Waals surface area (Å²) in [6.07, 6.45) is 2.81. The second-order valence-corrected chi connectivity index (χ2v) is 7.06. The molecule has 1 nitrogen and oxygen atoms in total. The Kier molecular flexibility index (Phi) is 4.08. The summed E-state index contributed by atoms with van der Waals surface area (Å²) in [5.74, 6) is 0.354. The van der Waals surface area contributed by atoms with Crippen molar-refractivity contribution in [3.8, 4) is 0 Å². The molecule has 0 amide bonds. The van der Waals surface area contributed by atoms with E-state index in [1.54, 1.807) is 0 Å². The van der Waals surface area contributed by atoms with Gasteiger partial charge in [0.1, 0.15) is 0 Å². The Bertz CT molecular complexity index is 644. The van der Waals surface area contributed by atoms with Gasteiger partial charge in [-0.15, -0.1) is 0 Å². The van der Waals surface area contributed by atoms with E-state index in [2.05, 4.69) is 56.1 Å². The lowest BCUT2D eigenvalue weighted by molar-refractivity contribution is 0.0908. The maximum absolute atomic E-state index is 12.7. The van der Waals surface area contributed by atoms with E-state index < -0.39 is 0 Å². The number of halogens is 2. The van der Waals surface area contributed by atoms with Crippen LogP contribution in [0.15, 0.2) is 51.4 Å². The van der Waals surface area contributed by atoms with Crippen molar-refractivity contribution < 1.29 is 4.79 Å². The first-order valence-corrected chi connectivity index (χ1v) is 8.29. The van der Waals surface area contributed by atoms with Crippen molar-refractivity contribution in [2.45, 2.75) is 19.3 Å². The van der Waals surface area contributed by atoms with Crippen molar-refractivity contribution in [2.75, 3.05) is 0 Å². The summed E-state index contributed by atoms with van der Waals surface area (Å²) in [6, 6.07) is 14.2. The van der Waals surface area contributed by atoms with Gasteiger partial charge >= 0.3 is 0 Å². The number of rotatable bonds is 2. The fourth-order valence-corrected chi connectivity index (χ4v) is 4.15. The molecule has 3 heteroatoms. The monoisotopic (exact) mass is 392 g/mol. The van der Waals surface area contributed by atoms with Gasteiger partial charge < -0.3 is 0 Å². The lowest BCUT2D eigenvalue weighted by atomic mass is 9.80. The molecule has 1 aliphatic carbocycles. The average Bonchev–Trinajstić information content (AvgIpc) is 2.45. The van der Waals surface area contributed by atoms with Crippen molar-refractivity contribution in [2.24, 2.45) is 5.92 Å². The highest BCUT2D eigenvalue weighted by molar-refractivity contribution is 9.11. The largest absolute Gasteiger partial charge is 0.294 e. The van der Waals surface area contributed by atoms with Crippen LogP contribution in [-0.4, -0.2) is 5.78 Å². The van der Waals surface area contributed by atoms with Gasteiger partial charge in [0.15, 0.2) is 5.78 Å². The van der Waals surface area contributed by atoms with Crippen LogP contribution in [0.1, 0.15) is 27.9 Å². The van der Waals surface area contributed by atoms with E-state index in [0.29, 0.717) is 0 Å². The van der Waals surface area contributed by atoms with Crippen molar-refractivity contribution in [1.82, 2.24) is 0 Å². The highest BCUT2D eigenvalue weighted by Gasteiger charge is 2.25. The number of hydrogen-bond acceptors (Lipinski definition) is 1. The Morgan fingerprint density at radius 1 is 1.00 bits per heavy atom. The third-order valence-electron chi connectivity index (χ3n) is 3.86. The number of benzene rings is 2. The topological polar surface area (TPSA) is 17.1 Å². The van der Waals surface area contributed by atoms with Gasteiger partial charge in [0.25, 0.3) is 0 Å². The lowest BCUT2D eigenvalue weighted by Gasteiger charge is -2.23. The fraction of sp³-hybridized carbons (Fsp3) is 0.235. The second-order valence-electron chi connectivity index (χ2n) is 5.23. The summed E-state index contributed by atoms with van der Waals surface area (Å²) in [4.78, 5) is 12.7. The zero-order chi connectivity index (χ0) is 14.1. The standard InChI is InChI=1S/C17H14Br2O/c18-15-8-14(9-16(19)10-15)17(20)13-6-5-11-3-1-2-4-12(11)7-13/h1-4,8-10,13H,5-7H2. The van der Waals surface area contributed by atoms with Crippen LogP contribution in [0.2, 0.25) is 0 Å². The summed E-state index contributed by atoms with van der Waals surface area (Å²) in [5, 5.41) is 0. The maximum atomic E-state index is 12.7. The number of ketones is 1. The molecule has 0 aromatic heterocycles. The Morgan fingerprint density at radius 3 is 2.35 bits per heavy atom. The third kappa shape index (κ3) is 2.89. The first kappa shape index (κ1) is 14.0. The van der Waals surface area contributed by atoms with E-state index in [9.17, 15) is 4.79 Å². The molecule has 1 unspecified atom stereocenters. The number of Topliss-reactive ketones (excluding diaryl/α,β-unsaturated/α-hetero) is 1. The van der Waals surface area contributed by atoms with Crippen molar-refractivity contribution in [3.63, 3.8) is 0 Å². The predicted molar refractivity (Wildman–Crippen MR) is 88.1 cm³/mol. The molecular formula is C17H14Br2O. The number of fused-ring (bicyclic) bond motifs is 1. The van der Waals surface area contributed by atoms with Gasteiger partial charge in [0.05, 0.1) is 0 Å². The van der Waals surface area contributed by atoms with Gasteiger partial charge in [0, 0.05) is 20.4 Å². The van der Waals surface area contributed by atoms with E-state index in [1.807, 2.05) is 18.2 Å². The molecule has 0 radical (unpaired) electrons. The Morgan fingerprint density at radius 2 is 1.65 bits per heavy atom. The molecule has 0 fully saturated rings. The first-order valence-electron chi connectivity index (χ1n) is 6.70. The van der Waals surface area contributed by atoms with Gasteiger partial charge in [-0.25, -0.2) is 0 Å². The molecule has 0 N–H and O–H groups in total.